The molecule has 0 saturated carbocycles. The third kappa shape index (κ3) is 5.29. The molecular formula is C23H22N2O5S. The molecule has 31 heavy (non-hydrogen) atoms. The largest absolute Gasteiger partial charge is 0.495 e. The Labute approximate surface area is 181 Å². The number of amides is 1. The van der Waals surface area contributed by atoms with Crippen molar-refractivity contribution >= 4 is 33.1 Å². The molecule has 3 rings (SSSR count). The van der Waals surface area contributed by atoms with Crippen LogP contribution in [-0.2, 0) is 10.0 Å². The predicted molar refractivity (Wildman–Crippen MR) is 119 cm³/mol. The van der Waals surface area contributed by atoms with Crippen LogP contribution in [0.3, 0.4) is 0 Å². The van der Waals surface area contributed by atoms with E-state index in [4.69, 9.17) is 4.74 Å². The van der Waals surface area contributed by atoms with Crippen LogP contribution in [0.15, 0.2) is 71.6 Å². The Kier molecular flexibility index (Phi) is 6.41. The van der Waals surface area contributed by atoms with Gasteiger partial charge in [0.1, 0.15) is 5.75 Å². The zero-order valence-corrected chi connectivity index (χ0v) is 18.1. The summed E-state index contributed by atoms with van der Waals surface area (Å²) < 4.78 is 32.8. The maximum Gasteiger partial charge on any atom is 0.261 e. The smallest absolute Gasteiger partial charge is 0.261 e. The van der Waals surface area contributed by atoms with Gasteiger partial charge >= 0.3 is 0 Å². The molecule has 8 heteroatoms. The number of rotatable bonds is 7. The monoisotopic (exact) mass is 438 g/mol. The third-order valence-corrected chi connectivity index (χ3v) is 5.97. The van der Waals surface area contributed by atoms with Gasteiger partial charge in [0.05, 0.1) is 17.7 Å². The minimum Gasteiger partial charge on any atom is -0.495 e. The van der Waals surface area contributed by atoms with Gasteiger partial charge in [-0.1, -0.05) is 18.2 Å². The van der Waals surface area contributed by atoms with Crippen LogP contribution in [0.1, 0.15) is 33.2 Å². The van der Waals surface area contributed by atoms with Gasteiger partial charge in [-0.25, -0.2) is 8.42 Å². The SMILES string of the molecule is COc1ccc(C)cc1NC(=O)c1ccc(NS(=O)(=O)c2ccc(C(C)=O)cc2)cc1. The summed E-state index contributed by atoms with van der Waals surface area (Å²) in [5, 5.41) is 2.80. The number of nitrogens with one attached hydrogen (secondary N) is 2. The summed E-state index contributed by atoms with van der Waals surface area (Å²) in [6.07, 6.45) is 0. The molecule has 0 saturated heterocycles. The summed E-state index contributed by atoms with van der Waals surface area (Å²) in [6, 6.07) is 17.2. The maximum atomic E-state index is 12.6. The van der Waals surface area contributed by atoms with E-state index in [1.807, 2.05) is 13.0 Å². The van der Waals surface area contributed by atoms with Crippen LogP contribution >= 0.6 is 0 Å². The Bertz CT molecular complexity index is 1220. The number of ether oxygens (including phenoxy) is 1. The van der Waals surface area contributed by atoms with E-state index in [9.17, 15) is 18.0 Å². The highest BCUT2D eigenvalue weighted by Crippen LogP contribution is 2.26. The van der Waals surface area contributed by atoms with Gasteiger partial charge < -0.3 is 10.1 Å². The number of methoxy groups -OCH3 is 1. The molecule has 0 aliphatic rings. The van der Waals surface area contributed by atoms with E-state index in [1.54, 1.807) is 12.1 Å². The zero-order valence-electron chi connectivity index (χ0n) is 17.3. The summed E-state index contributed by atoms with van der Waals surface area (Å²) >= 11 is 0. The fourth-order valence-corrected chi connectivity index (χ4v) is 3.95. The number of anilines is 2. The van der Waals surface area contributed by atoms with Crippen molar-refractivity contribution in [2.24, 2.45) is 0 Å². The summed E-state index contributed by atoms with van der Waals surface area (Å²) in [5.74, 6) is 0.0475. The molecule has 0 heterocycles. The van der Waals surface area contributed by atoms with Crippen molar-refractivity contribution in [1.29, 1.82) is 0 Å². The fourth-order valence-electron chi connectivity index (χ4n) is 2.89. The highest BCUT2D eigenvalue weighted by molar-refractivity contribution is 7.92. The molecule has 0 radical (unpaired) electrons. The molecular weight excluding hydrogens is 416 g/mol. The van der Waals surface area contributed by atoms with Crippen LogP contribution < -0.4 is 14.8 Å². The first-order valence-electron chi connectivity index (χ1n) is 9.39. The molecule has 1 amide bonds. The Morgan fingerprint density at radius 3 is 2.06 bits per heavy atom. The third-order valence-electron chi connectivity index (χ3n) is 4.57. The molecule has 0 aliphatic heterocycles. The van der Waals surface area contributed by atoms with Crippen LogP contribution in [0.2, 0.25) is 0 Å². The van der Waals surface area contributed by atoms with E-state index in [0.717, 1.165) is 5.56 Å². The molecule has 0 atom stereocenters. The van der Waals surface area contributed by atoms with Gasteiger partial charge in [0.2, 0.25) is 0 Å². The number of aryl methyl sites for hydroxylation is 1. The van der Waals surface area contributed by atoms with Crippen LogP contribution in [0.5, 0.6) is 5.75 Å². The molecule has 2 N–H and O–H groups in total. The number of sulfonamides is 1. The Hall–Kier alpha value is -3.65. The van der Waals surface area contributed by atoms with E-state index < -0.39 is 10.0 Å². The fraction of sp³-hybridized carbons (Fsp3) is 0.130. The summed E-state index contributed by atoms with van der Waals surface area (Å²) in [7, 11) is -2.31. The summed E-state index contributed by atoms with van der Waals surface area (Å²) in [4.78, 5) is 23.9. The van der Waals surface area contributed by atoms with E-state index in [2.05, 4.69) is 10.0 Å². The van der Waals surface area contributed by atoms with Crippen molar-refractivity contribution < 1.29 is 22.7 Å². The van der Waals surface area contributed by atoms with Gasteiger partial charge in [-0.05, 0) is 67.9 Å². The molecule has 160 valence electrons. The molecule has 0 aromatic heterocycles. The predicted octanol–water partition coefficient (Wildman–Crippen LogP) is 4.26. The van der Waals surface area contributed by atoms with Crippen molar-refractivity contribution in [2.45, 2.75) is 18.7 Å². The molecule has 3 aromatic rings. The second-order valence-corrected chi connectivity index (χ2v) is 8.60. The normalized spacial score (nSPS) is 10.9. The van der Waals surface area contributed by atoms with Crippen LogP contribution in [-0.4, -0.2) is 27.2 Å². The van der Waals surface area contributed by atoms with Gasteiger partial charge in [0.15, 0.2) is 5.78 Å². The highest BCUT2D eigenvalue weighted by Gasteiger charge is 2.15. The number of ketones is 1. The molecule has 0 aliphatic carbocycles. The van der Waals surface area contributed by atoms with E-state index in [-0.39, 0.29) is 16.6 Å². The minimum absolute atomic E-state index is 0.0332. The molecule has 0 fully saturated rings. The highest BCUT2D eigenvalue weighted by atomic mass is 32.2. The molecule has 0 bridgehead atoms. The van der Waals surface area contributed by atoms with Crippen molar-refractivity contribution in [3.63, 3.8) is 0 Å². The first kappa shape index (κ1) is 22.0. The van der Waals surface area contributed by atoms with Crippen LogP contribution in [0.25, 0.3) is 0 Å². The average molecular weight is 439 g/mol. The van der Waals surface area contributed by atoms with Crippen LogP contribution in [0, 0.1) is 6.92 Å². The lowest BCUT2D eigenvalue weighted by Crippen LogP contribution is -2.14. The standard InChI is InChI=1S/C23H22N2O5S/c1-15-4-13-22(30-3)21(14-15)24-23(27)18-5-9-19(10-6-18)25-31(28,29)20-11-7-17(8-12-20)16(2)26/h4-14,25H,1-3H3,(H,24,27). The van der Waals surface area contributed by atoms with E-state index in [0.29, 0.717) is 28.3 Å². The minimum atomic E-state index is -3.83. The lowest BCUT2D eigenvalue weighted by atomic mass is 10.1. The quantitative estimate of drug-likeness (QED) is 0.537. The second-order valence-electron chi connectivity index (χ2n) is 6.92. The Morgan fingerprint density at radius 1 is 0.871 bits per heavy atom. The van der Waals surface area contributed by atoms with Gasteiger partial charge in [0, 0.05) is 16.8 Å². The van der Waals surface area contributed by atoms with Crippen molar-refractivity contribution in [3.05, 3.63) is 83.4 Å². The molecule has 0 unspecified atom stereocenters. The summed E-state index contributed by atoms with van der Waals surface area (Å²) in [5.41, 5.74) is 2.61. The average Bonchev–Trinajstić information content (AvgIpc) is 2.74. The van der Waals surface area contributed by atoms with Crippen molar-refractivity contribution in [3.8, 4) is 5.75 Å². The maximum absolute atomic E-state index is 12.6. The van der Waals surface area contributed by atoms with Gasteiger partial charge in [-0.15, -0.1) is 0 Å². The second kappa shape index (κ2) is 9.01. The van der Waals surface area contributed by atoms with Gasteiger partial charge in [-0.3, -0.25) is 14.3 Å². The number of hydrogen-bond donors (Lipinski definition) is 2. The van der Waals surface area contributed by atoms with Crippen molar-refractivity contribution in [1.82, 2.24) is 0 Å². The van der Waals surface area contributed by atoms with Crippen molar-refractivity contribution in [2.75, 3.05) is 17.1 Å². The summed E-state index contributed by atoms with van der Waals surface area (Å²) in [6.45, 7) is 3.32. The molecule has 7 nitrogen and oxygen atoms in total. The number of hydrogen-bond acceptors (Lipinski definition) is 5. The first-order valence-corrected chi connectivity index (χ1v) is 10.9. The topological polar surface area (TPSA) is 102 Å². The van der Waals surface area contributed by atoms with Crippen LogP contribution in [0.4, 0.5) is 11.4 Å². The van der Waals surface area contributed by atoms with Gasteiger partial charge in [0.25, 0.3) is 15.9 Å². The Morgan fingerprint density at radius 2 is 1.48 bits per heavy atom. The lowest BCUT2D eigenvalue weighted by molar-refractivity contribution is 0.101. The first-order chi connectivity index (χ1) is 14.7. The molecule has 0 spiro atoms. The number of carbonyl (C=O) groups is 2. The van der Waals surface area contributed by atoms with Gasteiger partial charge in [-0.2, -0.15) is 0 Å². The number of carbonyl (C=O) groups excluding carboxylic acids is 2. The number of benzene rings is 3. The van der Waals surface area contributed by atoms with E-state index in [1.165, 1.54) is 62.6 Å². The van der Waals surface area contributed by atoms with E-state index >= 15 is 0 Å². The Balaban J connectivity index is 1.73. The number of Topliss-reactive ketones (excluding diaryl/α,β-unsaturated/α-hetero) is 1. The lowest BCUT2D eigenvalue weighted by Gasteiger charge is -2.12. The molecule has 3 aromatic carbocycles. The zero-order chi connectivity index (χ0) is 22.6.